The summed E-state index contributed by atoms with van der Waals surface area (Å²) < 4.78 is 2.03. The van der Waals surface area contributed by atoms with Crippen molar-refractivity contribution in [2.24, 2.45) is 0 Å². The highest BCUT2D eigenvalue weighted by Crippen LogP contribution is 2.06. The van der Waals surface area contributed by atoms with Crippen molar-refractivity contribution in [1.82, 2.24) is 14.5 Å². The van der Waals surface area contributed by atoms with Gasteiger partial charge in [0.25, 0.3) is 5.56 Å². The number of nitrogens with zero attached hydrogens (tertiary/aromatic N) is 3. The minimum atomic E-state index is -0.744. The number of amides is 1. The van der Waals surface area contributed by atoms with Gasteiger partial charge in [0, 0.05) is 19.3 Å². The zero-order valence-electron chi connectivity index (χ0n) is 14.3. The van der Waals surface area contributed by atoms with Gasteiger partial charge in [0.05, 0.1) is 0 Å². The summed E-state index contributed by atoms with van der Waals surface area (Å²) in [5.41, 5.74) is 0.765. The third kappa shape index (κ3) is 4.23. The quantitative estimate of drug-likeness (QED) is 0.831. The van der Waals surface area contributed by atoms with Crippen LogP contribution in [0.15, 0.2) is 40.1 Å². The van der Waals surface area contributed by atoms with Crippen LogP contribution in [0.5, 0.6) is 0 Å². The average molecular weight is 340 g/mol. The maximum atomic E-state index is 12.2. The van der Waals surface area contributed by atoms with Gasteiger partial charge in [-0.15, -0.1) is 0 Å². The van der Waals surface area contributed by atoms with Gasteiger partial charge in [0.2, 0.25) is 5.91 Å². The van der Waals surface area contributed by atoms with E-state index in [2.05, 4.69) is 5.32 Å². The smallest absolute Gasteiger partial charge is 0.331 e. The maximum Gasteiger partial charge on any atom is 0.331 e. The largest absolute Gasteiger partial charge is 0.354 e. The minimum absolute atomic E-state index is 0.158. The van der Waals surface area contributed by atoms with Gasteiger partial charge in [-0.3, -0.25) is 14.2 Å². The van der Waals surface area contributed by atoms with E-state index in [4.69, 9.17) is 5.26 Å². The number of nitriles is 1. The van der Waals surface area contributed by atoms with E-state index in [1.54, 1.807) is 13.0 Å². The number of carbonyl (C=O) groups excluding carboxylic acids is 1. The summed E-state index contributed by atoms with van der Waals surface area (Å²) in [5.74, 6) is -0.439. The lowest BCUT2D eigenvalue weighted by molar-refractivity contribution is -0.121. The molecule has 0 spiro atoms. The average Bonchev–Trinajstić information content (AvgIpc) is 2.60. The number of hydrogen-bond donors (Lipinski definition) is 1. The Morgan fingerprint density at radius 3 is 2.64 bits per heavy atom. The lowest BCUT2D eigenvalue weighted by Gasteiger charge is -2.10. The third-order valence-electron chi connectivity index (χ3n) is 3.98. The summed E-state index contributed by atoms with van der Waals surface area (Å²) in [6.07, 6.45) is 1.88. The van der Waals surface area contributed by atoms with Gasteiger partial charge in [-0.1, -0.05) is 24.3 Å². The van der Waals surface area contributed by atoms with Crippen LogP contribution in [-0.4, -0.2) is 21.6 Å². The number of nitrogens with one attached hydrogen (secondary N) is 1. The molecule has 7 heteroatoms. The Labute approximate surface area is 145 Å². The summed E-state index contributed by atoms with van der Waals surface area (Å²) in [7, 11) is 0. The van der Waals surface area contributed by atoms with Crippen LogP contribution < -0.4 is 16.6 Å². The van der Waals surface area contributed by atoms with Crippen LogP contribution in [0, 0.1) is 18.3 Å². The molecule has 2 aromatic rings. The van der Waals surface area contributed by atoms with Crippen LogP contribution in [0.3, 0.4) is 0 Å². The second-order valence-corrected chi connectivity index (χ2v) is 5.64. The normalized spacial score (nSPS) is 10.3. The first kappa shape index (κ1) is 18.2. The minimum Gasteiger partial charge on any atom is -0.354 e. The van der Waals surface area contributed by atoms with Gasteiger partial charge < -0.3 is 5.32 Å². The van der Waals surface area contributed by atoms with E-state index >= 15 is 0 Å². The fourth-order valence-corrected chi connectivity index (χ4v) is 2.52. The second kappa shape index (κ2) is 8.11. The molecule has 0 unspecified atom stereocenters. The summed E-state index contributed by atoms with van der Waals surface area (Å²) in [5, 5.41) is 11.7. The molecule has 0 radical (unpaired) electrons. The number of benzene rings is 1. The highest BCUT2D eigenvalue weighted by molar-refractivity contribution is 5.75. The van der Waals surface area contributed by atoms with Gasteiger partial charge in [-0.25, -0.2) is 9.36 Å². The fraction of sp³-hybridized carbons (Fsp3) is 0.333. The first-order valence-electron chi connectivity index (χ1n) is 8.03. The predicted octanol–water partition coefficient (Wildman–Crippen LogP) is 0.569. The Kier molecular flexibility index (Phi) is 5.90. The number of aromatic nitrogens is 2. The van der Waals surface area contributed by atoms with E-state index < -0.39 is 23.7 Å². The van der Waals surface area contributed by atoms with Crippen molar-refractivity contribution >= 4 is 5.91 Å². The molecule has 1 N–H and O–H groups in total. The van der Waals surface area contributed by atoms with E-state index in [1.807, 2.05) is 31.2 Å². The van der Waals surface area contributed by atoms with Crippen LogP contribution in [-0.2, 0) is 24.3 Å². The van der Waals surface area contributed by atoms with E-state index in [1.165, 1.54) is 10.8 Å². The van der Waals surface area contributed by atoms with Crippen LogP contribution >= 0.6 is 0 Å². The second-order valence-electron chi connectivity index (χ2n) is 5.64. The summed E-state index contributed by atoms with van der Waals surface area (Å²) in [6.45, 7) is 4.03. The molecule has 0 saturated heterocycles. The zero-order valence-corrected chi connectivity index (χ0v) is 14.3. The van der Waals surface area contributed by atoms with Gasteiger partial charge in [0.15, 0.2) is 0 Å². The summed E-state index contributed by atoms with van der Waals surface area (Å²) >= 11 is 0. The summed E-state index contributed by atoms with van der Waals surface area (Å²) in [6, 6.07) is 9.63. The molecular weight excluding hydrogens is 320 g/mol. The Balaban J connectivity index is 2.08. The van der Waals surface area contributed by atoms with Crippen molar-refractivity contribution in [3.63, 3.8) is 0 Å². The van der Waals surface area contributed by atoms with Crippen molar-refractivity contribution < 1.29 is 4.79 Å². The molecule has 1 aromatic heterocycles. The number of carbonyl (C=O) groups is 1. The molecule has 1 heterocycles. The molecule has 0 aliphatic heterocycles. The molecule has 0 aliphatic carbocycles. The van der Waals surface area contributed by atoms with Crippen molar-refractivity contribution in [3.8, 4) is 6.07 Å². The van der Waals surface area contributed by atoms with Crippen LogP contribution in [0.25, 0.3) is 0 Å². The molecular formula is C18H20N4O3. The third-order valence-corrected chi connectivity index (χ3v) is 3.98. The molecule has 0 atom stereocenters. The lowest BCUT2D eigenvalue weighted by Crippen LogP contribution is -2.44. The van der Waals surface area contributed by atoms with E-state index in [-0.39, 0.29) is 5.56 Å². The maximum absolute atomic E-state index is 12.2. The van der Waals surface area contributed by atoms with Crippen LogP contribution in [0.4, 0.5) is 0 Å². The molecule has 1 aromatic carbocycles. The first-order valence-corrected chi connectivity index (χ1v) is 8.03. The first-order chi connectivity index (χ1) is 12.0. The highest BCUT2D eigenvalue weighted by Gasteiger charge is 2.13. The van der Waals surface area contributed by atoms with E-state index in [0.717, 1.165) is 15.7 Å². The Morgan fingerprint density at radius 1 is 1.28 bits per heavy atom. The van der Waals surface area contributed by atoms with Gasteiger partial charge in [0.1, 0.15) is 18.2 Å². The fourth-order valence-electron chi connectivity index (χ4n) is 2.52. The number of hydrogen-bond acceptors (Lipinski definition) is 4. The Morgan fingerprint density at radius 2 is 2.00 bits per heavy atom. The number of aryl methyl sites for hydroxylation is 2. The molecule has 0 aliphatic rings. The van der Waals surface area contributed by atoms with Crippen molar-refractivity contribution in [1.29, 1.82) is 5.26 Å². The zero-order chi connectivity index (χ0) is 18.4. The van der Waals surface area contributed by atoms with Crippen LogP contribution in [0.2, 0.25) is 0 Å². The number of rotatable bonds is 6. The Hall–Kier alpha value is -3.14. The van der Waals surface area contributed by atoms with Crippen molar-refractivity contribution in [2.75, 3.05) is 6.54 Å². The van der Waals surface area contributed by atoms with E-state index in [9.17, 15) is 14.4 Å². The predicted molar refractivity (Wildman–Crippen MR) is 93.2 cm³/mol. The highest BCUT2D eigenvalue weighted by atomic mass is 16.2. The molecule has 7 nitrogen and oxygen atoms in total. The van der Waals surface area contributed by atoms with Crippen molar-refractivity contribution in [2.45, 2.75) is 33.4 Å². The van der Waals surface area contributed by atoms with Crippen LogP contribution in [0.1, 0.15) is 23.6 Å². The summed E-state index contributed by atoms with van der Waals surface area (Å²) in [4.78, 5) is 36.4. The molecule has 25 heavy (non-hydrogen) atoms. The van der Waals surface area contributed by atoms with Gasteiger partial charge in [-0.05, 0) is 31.4 Å². The molecule has 0 fully saturated rings. The standard InChI is InChI=1S/C18H20N4O3/c1-3-21-11-15(10-19)17(24)22(18(21)25)12-16(23)20-9-8-14-7-5-4-6-13(14)2/h4-7,11H,3,8-9,12H2,1-2H3,(H,20,23). The molecule has 0 saturated carbocycles. The lowest BCUT2D eigenvalue weighted by atomic mass is 10.1. The Bertz CT molecular complexity index is 935. The van der Waals surface area contributed by atoms with E-state index in [0.29, 0.717) is 19.5 Å². The molecule has 130 valence electrons. The molecule has 2 rings (SSSR count). The molecule has 1 amide bonds. The van der Waals surface area contributed by atoms with Crippen molar-refractivity contribution in [3.05, 3.63) is 68.0 Å². The SMILES string of the molecule is CCn1cc(C#N)c(=O)n(CC(=O)NCCc2ccccc2C)c1=O. The molecule has 0 bridgehead atoms. The van der Waals surface area contributed by atoms with Gasteiger partial charge in [-0.2, -0.15) is 5.26 Å². The monoisotopic (exact) mass is 340 g/mol. The topological polar surface area (TPSA) is 96.9 Å². The van der Waals surface area contributed by atoms with Gasteiger partial charge >= 0.3 is 5.69 Å².